The van der Waals surface area contributed by atoms with E-state index in [0.29, 0.717) is 16.2 Å². The van der Waals surface area contributed by atoms with Crippen LogP contribution >= 0.6 is 23.1 Å². The first kappa shape index (κ1) is 14.8. The predicted molar refractivity (Wildman–Crippen MR) is 88.9 cm³/mol. The van der Waals surface area contributed by atoms with Crippen LogP contribution in [-0.4, -0.2) is 17.1 Å². The quantitative estimate of drug-likeness (QED) is 0.561. The molecule has 7 heteroatoms. The Labute approximate surface area is 134 Å². The monoisotopic (exact) mass is 333 g/mol. The SMILES string of the molecule is CSc1cccc(C(=O)NNc2nc3c(F)cccc3s2)c1. The minimum Gasteiger partial charge on any atom is -0.273 e. The van der Waals surface area contributed by atoms with Gasteiger partial charge in [0.2, 0.25) is 5.13 Å². The van der Waals surface area contributed by atoms with E-state index in [1.54, 1.807) is 36.0 Å². The number of carbonyl (C=O) groups excluding carboxylic acids is 1. The third-order valence-electron chi connectivity index (χ3n) is 2.98. The topological polar surface area (TPSA) is 54.0 Å². The van der Waals surface area contributed by atoms with Crippen molar-refractivity contribution in [1.82, 2.24) is 10.4 Å². The number of rotatable bonds is 4. The second-order valence-electron chi connectivity index (χ2n) is 4.42. The lowest BCUT2D eigenvalue weighted by Gasteiger charge is -2.06. The summed E-state index contributed by atoms with van der Waals surface area (Å²) in [6.07, 6.45) is 1.95. The lowest BCUT2D eigenvalue weighted by molar-refractivity contribution is 0.0962. The Morgan fingerprint density at radius 1 is 1.27 bits per heavy atom. The molecule has 112 valence electrons. The Morgan fingerprint density at radius 2 is 2.09 bits per heavy atom. The van der Waals surface area contributed by atoms with Gasteiger partial charge >= 0.3 is 0 Å². The molecule has 0 aliphatic heterocycles. The number of hydrazine groups is 1. The number of hydrogen-bond donors (Lipinski definition) is 2. The average molecular weight is 333 g/mol. The van der Waals surface area contributed by atoms with Gasteiger partial charge < -0.3 is 0 Å². The summed E-state index contributed by atoms with van der Waals surface area (Å²) in [6, 6.07) is 12.1. The van der Waals surface area contributed by atoms with Gasteiger partial charge in [0.25, 0.3) is 5.91 Å². The van der Waals surface area contributed by atoms with Gasteiger partial charge in [0.05, 0.1) is 4.70 Å². The van der Waals surface area contributed by atoms with Crippen LogP contribution in [0.2, 0.25) is 0 Å². The molecule has 0 saturated carbocycles. The molecule has 1 aromatic heterocycles. The summed E-state index contributed by atoms with van der Waals surface area (Å²) in [5, 5.41) is 0.439. The second kappa shape index (κ2) is 6.33. The molecule has 0 fully saturated rings. The van der Waals surface area contributed by atoms with Crippen molar-refractivity contribution in [2.45, 2.75) is 4.90 Å². The number of hydrogen-bond acceptors (Lipinski definition) is 5. The van der Waals surface area contributed by atoms with Gasteiger partial charge in [-0.25, -0.2) is 9.37 Å². The normalized spacial score (nSPS) is 10.6. The third-order valence-corrected chi connectivity index (χ3v) is 4.65. The second-order valence-corrected chi connectivity index (χ2v) is 6.33. The first-order valence-electron chi connectivity index (χ1n) is 6.43. The van der Waals surface area contributed by atoms with E-state index in [1.807, 2.05) is 18.4 Å². The van der Waals surface area contributed by atoms with Gasteiger partial charge in [-0.3, -0.25) is 15.6 Å². The summed E-state index contributed by atoms with van der Waals surface area (Å²) < 4.78 is 14.3. The van der Waals surface area contributed by atoms with Crippen LogP contribution in [0.25, 0.3) is 10.2 Å². The Hall–Kier alpha value is -2.12. The van der Waals surface area contributed by atoms with E-state index in [2.05, 4.69) is 15.8 Å². The predicted octanol–water partition coefficient (Wildman–Crippen LogP) is 3.91. The molecule has 1 heterocycles. The maximum atomic E-state index is 13.6. The van der Waals surface area contributed by atoms with E-state index in [0.717, 1.165) is 9.60 Å². The number of amides is 1. The van der Waals surface area contributed by atoms with E-state index < -0.39 is 0 Å². The fourth-order valence-electron chi connectivity index (χ4n) is 1.92. The summed E-state index contributed by atoms with van der Waals surface area (Å²) in [6.45, 7) is 0. The van der Waals surface area contributed by atoms with Crippen molar-refractivity contribution in [3.8, 4) is 0 Å². The number of thioether (sulfide) groups is 1. The van der Waals surface area contributed by atoms with Gasteiger partial charge in [0, 0.05) is 10.5 Å². The van der Waals surface area contributed by atoms with E-state index in [9.17, 15) is 9.18 Å². The number of anilines is 1. The number of halogens is 1. The lowest BCUT2D eigenvalue weighted by atomic mass is 10.2. The minimum atomic E-state index is -0.374. The van der Waals surface area contributed by atoms with Crippen molar-refractivity contribution in [3.05, 3.63) is 53.8 Å². The van der Waals surface area contributed by atoms with Crippen LogP contribution in [0.3, 0.4) is 0 Å². The number of carbonyl (C=O) groups is 1. The summed E-state index contributed by atoms with van der Waals surface area (Å²) in [4.78, 5) is 17.2. The largest absolute Gasteiger partial charge is 0.273 e. The molecule has 0 bridgehead atoms. The fourth-order valence-corrected chi connectivity index (χ4v) is 3.21. The zero-order chi connectivity index (χ0) is 15.5. The molecule has 0 unspecified atom stereocenters. The number of thiazole rings is 1. The zero-order valence-electron chi connectivity index (χ0n) is 11.6. The van der Waals surface area contributed by atoms with E-state index in [4.69, 9.17) is 0 Å². The van der Waals surface area contributed by atoms with Gasteiger partial charge in [-0.1, -0.05) is 23.5 Å². The highest BCUT2D eigenvalue weighted by Gasteiger charge is 2.10. The van der Waals surface area contributed by atoms with Gasteiger partial charge in [-0.15, -0.1) is 11.8 Å². The summed E-state index contributed by atoms with van der Waals surface area (Å²) in [7, 11) is 0. The van der Waals surface area contributed by atoms with Crippen LogP contribution in [0.4, 0.5) is 9.52 Å². The number of benzene rings is 2. The van der Waals surface area contributed by atoms with E-state index in [1.165, 1.54) is 17.4 Å². The maximum Gasteiger partial charge on any atom is 0.269 e. The van der Waals surface area contributed by atoms with Crippen molar-refractivity contribution in [2.75, 3.05) is 11.7 Å². The molecule has 0 spiro atoms. The molecule has 1 amide bonds. The highest BCUT2D eigenvalue weighted by molar-refractivity contribution is 7.98. The molecule has 3 aromatic rings. The molecule has 0 atom stereocenters. The molecule has 0 aliphatic carbocycles. The van der Waals surface area contributed by atoms with E-state index >= 15 is 0 Å². The summed E-state index contributed by atoms with van der Waals surface area (Å²) in [5.74, 6) is -0.642. The van der Waals surface area contributed by atoms with Crippen molar-refractivity contribution in [3.63, 3.8) is 0 Å². The highest BCUT2D eigenvalue weighted by atomic mass is 32.2. The fraction of sp³-hybridized carbons (Fsp3) is 0.0667. The molecule has 2 aromatic carbocycles. The van der Waals surface area contributed by atoms with Crippen LogP contribution < -0.4 is 10.9 Å². The molecular formula is C15H12FN3OS2. The third kappa shape index (κ3) is 3.05. The average Bonchev–Trinajstić information content (AvgIpc) is 2.97. The van der Waals surface area contributed by atoms with Gasteiger partial charge in [0.15, 0.2) is 0 Å². The van der Waals surface area contributed by atoms with Crippen molar-refractivity contribution < 1.29 is 9.18 Å². The zero-order valence-corrected chi connectivity index (χ0v) is 13.2. The molecule has 22 heavy (non-hydrogen) atoms. The van der Waals surface area contributed by atoms with Crippen LogP contribution in [0, 0.1) is 5.82 Å². The van der Waals surface area contributed by atoms with Crippen molar-refractivity contribution in [2.24, 2.45) is 0 Å². The summed E-state index contributed by atoms with van der Waals surface area (Å²) >= 11 is 2.84. The van der Waals surface area contributed by atoms with Crippen molar-refractivity contribution >= 4 is 44.4 Å². The lowest BCUT2D eigenvalue weighted by Crippen LogP contribution is -2.29. The molecule has 2 N–H and O–H groups in total. The molecule has 3 rings (SSSR count). The van der Waals surface area contributed by atoms with Gasteiger partial charge in [-0.05, 0) is 36.6 Å². The molecule has 0 aliphatic rings. The van der Waals surface area contributed by atoms with E-state index in [-0.39, 0.29) is 11.7 Å². The Bertz CT molecular complexity index is 835. The molecule has 0 saturated heterocycles. The molecule has 0 radical (unpaired) electrons. The van der Waals surface area contributed by atoms with Gasteiger partial charge in [0.1, 0.15) is 11.3 Å². The number of para-hydroxylation sites is 1. The standard InChI is InChI=1S/C15H12FN3OS2/c1-21-10-5-2-4-9(8-10)14(20)18-19-15-17-13-11(16)6-3-7-12(13)22-15/h2-8H,1H3,(H,17,19)(H,18,20). The smallest absolute Gasteiger partial charge is 0.269 e. The van der Waals surface area contributed by atoms with Crippen LogP contribution in [0.5, 0.6) is 0 Å². The maximum absolute atomic E-state index is 13.6. The highest BCUT2D eigenvalue weighted by Crippen LogP contribution is 2.27. The number of aromatic nitrogens is 1. The Morgan fingerprint density at radius 3 is 2.86 bits per heavy atom. The van der Waals surface area contributed by atoms with Crippen molar-refractivity contribution in [1.29, 1.82) is 0 Å². The Kier molecular flexibility index (Phi) is 4.26. The number of fused-ring (bicyclic) bond motifs is 1. The van der Waals surface area contributed by atoms with Crippen LogP contribution in [-0.2, 0) is 0 Å². The van der Waals surface area contributed by atoms with Gasteiger partial charge in [-0.2, -0.15) is 0 Å². The first-order chi connectivity index (χ1) is 10.7. The van der Waals surface area contributed by atoms with Crippen LogP contribution in [0.1, 0.15) is 10.4 Å². The minimum absolute atomic E-state index is 0.268. The number of nitrogens with zero attached hydrogens (tertiary/aromatic N) is 1. The van der Waals surface area contributed by atoms with Crippen LogP contribution in [0.15, 0.2) is 47.4 Å². The number of nitrogens with one attached hydrogen (secondary N) is 2. The molecular weight excluding hydrogens is 321 g/mol. The first-order valence-corrected chi connectivity index (χ1v) is 8.47. The Balaban J connectivity index is 1.73. The molecule has 4 nitrogen and oxygen atoms in total. The summed E-state index contributed by atoms with van der Waals surface area (Å²) in [5.41, 5.74) is 6.15.